The second-order valence-electron chi connectivity index (χ2n) is 18.1. The highest BCUT2D eigenvalue weighted by molar-refractivity contribution is 7.00. The molecule has 0 saturated heterocycles. The molecule has 0 saturated carbocycles. The summed E-state index contributed by atoms with van der Waals surface area (Å²) in [5.41, 5.74) is 21.8. The second-order valence-corrected chi connectivity index (χ2v) is 18.1. The minimum atomic E-state index is -0.0831. The van der Waals surface area contributed by atoms with Crippen molar-refractivity contribution in [3.05, 3.63) is 285 Å². The molecule has 0 amide bonds. The minimum absolute atomic E-state index is 0.0831. The molecule has 0 spiro atoms. The van der Waals surface area contributed by atoms with Crippen molar-refractivity contribution in [3.8, 4) is 22.3 Å². The molecule has 2 heterocycles. The Bertz CT molecular complexity index is 3350. The molecular formula is C66H47BN4. The van der Waals surface area contributed by atoms with Crippen LogP contribution in [0.4, 0.5) is 68.2 Å². The molecule has 2 aliphatic rings. The maximum absolute atomic E-state index is 2.51. The third-order valence-corrected chi connectivity index (χ3v) is 14.0. The van der Waals surface area contributed by atoms with Gasteiger partial charge in [-0.25, -0.2) is 0 Å². The van der Waals surface area contributed by atoms with Gasteiger partial charge in [-0.1, -0.05) is 176 Å². The van der Waals surface area contributed by atoms with Crippen LogP contribution in [0.25, 0.3) is 22.3 Å². The summed E-state index contributed by atoms with van der Waals surface area (Å²) < 4.78 is 0. The number of fused-ring (bicyclic) bond motifs is 4. The van der Waals surface area contributed by atoms with Gasteiger partial charge in [-0.05, 0) is 148 Å². The van der Waals surface area contributed by atoms with Crippen LogP contribution in [0.3, 0.4) is 0 Å². The Labute approximate surface area is 416 Å². The monoisotopic (exact) mass is 906 g/mol. The second kappa shape index (κ2) is 18.0. The Morgan fingerprint density at radius 3 is 0.930 bits per heavy atom. The Morgan fingerprint density at radius 2 is 0.563 bits per heavy atom. The van der Waals surface area contributed by atoms with Gasteiger partial charge in [-0.2, -0.15) is 0 Å². The van der Waals surface area contributed by atoms with Crippen molar-refractivity contribution in [2.75, 3.05) is 19.6 Å². The van der Waals surface area contributed by atoms with E-state index in [4.69, 9.17) is 0 Å². The number of hydrogen-bond acceptors (Lipinski definition) is 4. The standard InChI is InChI=1S/C66H47BN4/c1-7-22-48(23-8-1)50-26-19-36-56(44-50)70-62-38-21-39-63-66(62)67(60-42-40-58(46-64(60)70)68(52-28-11-3-12-29-52)53-30-13-4-14-31-53)61-43-41-59(69(54-32-15-5-16-33-54)55-34-17-6-18-35-55)47-65(61)71(63)57-37-20-27-51(45-57)49-24-9-2-10-25-49/h1-47H. The summed E-state index contributed by atoms with van der Waals surface area (Å²) >= 11 is 0. The van der Waals surface area contributed by atoms with E-state index in [2.05, 4.69) is 305 Å². The first-order valence-electron chi connectivity index (χ1n) is 24.4. The van der Waals surface area contributed by atoms with Crippen molar-refractivity contribution in [1.29, 1.82) is 0 Å². The molecule has 11 aromatic carbocycles. The van der Waals surface area contributed by atoms with Crippen LogP contribution in [0.1, 0.15) is 0 Å². The molecule has 2 aliphatic heterocycles. The van der Waals surface area contributed by atoms with Crippen LogP contribution < -0.4 is 36.0 Å². The van der Waals surface area contributed by atoms with Gasteiger partial charge in [0.2, 0.25) is 0 Å². The van der Waals surface area contributed by atoms with Crippen molar-refractivity contribution in [2.45, 2.75) is 0 Å². The summed E-state index contributed by atoms with van der Waals surface area (Å²) in [5, 5.41) is 0. The van der Waals surface area contributed by atoms with E-state index in [0.29, 0.717) is 0 Å². The highest BCUT2D eigenvalue weighted by atomic mass is 15.2. The lowest BCUT2D eigenvalue weighted by Crippen LogP contribution is -2.61. The van der Waals surface area contributed by atoms with Crippen molar-refractivity contribution >= 4 is 91.3 Å². The average Bonchev–Trinajstić information content (AvgIpc) is 3.45. The fourth-order valence-corrected chi connectivity index (χ4v) is 10.9. The number of para-hydroxylation sites is 4. The minimum Gasteiger partial charge on any atom is -0.311 e. The molecule has 0 unspecified atom stereocenters. The fraction of sp³-hybridized carbons (Fsp3) is 0. The predicted molar refractivity (Wildman–Crippen MR) is 301 cm³/mol. The number of hydrogen-bond donors (Lipinski definition) is 0. The fourth-order valence-electron chi connectivity index (χ4n) is 10.9. The van der Waals surface area contributed by atoms with Crippen LogP contribution in [0.2, 0.25) is 0 Å². The van der Waals surface area contributed by atoms with Crippen LogP contribution in [0, 0.1) is 0 Å². The van der Waals surface area contributed by atoms with Crippen LogP contribution in [-0.2, 0) is 0 Å². The third-order valence-electron chi connectivity index (χ3n) is 14.0. The lowest BCUT2D eigenvalue weighted by Gasteiger charge is -2.44. The van der Waals surface area contributed by atoms with Crippen molar-refractivity contribution in [2.24, 2.45) is 0 Å². The summed E-state index contributed by atoms with van der Waals surface area (Å²) in [4.78, 5) is 9.77. The summed E-state index contributed by atoms with van der Waals surface area (Å²) in [5.74, 6) is 0. The smallest absolute Gasteiger partial charge is 0.252 e. The topological polar surface area (TPSA) is 13.0 Å². The first kappa shape index (κ1) is 41.8. The van der Waals surface area contributed by atoms with Crippen LogP contribution in [0.5, 0.6) is 0 Å². The maximum Gasteiger partial charge on any atom is 0.252 e. The number of nitrogens with zero attached hydrogens (tertiary/aromatic N) is 4. The lowest BCUT2D eigenvalue weighted by atomic mass is 9.33. The zero-order chi connectivity index (χ0) is 47.1. The van der Waals surface area contributed by atoms with E-state index in [-0.39, 0.29) is 6.71 Å². The molecule has 0 aliphatic carbocycles. The Balaban J connectivity index is 1.08. The largest absolute Gasteiger partial charge is 0.311 e. The van der Waals surface area contributed by atoms with Crippen LogP contribution >= 0.6 is 0 Å². The molecule has 71 heavy (non-hydrogen) atoms. The molecule has 0 bridgehead atoms. The highest BCUT2D eigenvalue weighted by Gasteiger charge is 2.44. The van der Waals surface area contributed by atoms with Gasteiger partial charge in [0.15, 0.2) is 0 Å². The molecular weight excluding hydrogens is 860 g/mol. The molecule has 4 nitrogen and oxygen atoms in total. The van der Waals surface area contributed by atoms with Crippen molar-refractivity contribution in [1.82, 2.24) is 0 Å². The normalized spacial score (nSPS) is 12.1. The molecule has 11 aromatic rings. The van der Waals surface area contributed by atoms with Gasteiger partial charge in [0, 0.05) is 68.2 Å². The quantitative estimate of drug-likeness (QED) is 0.127. The van der Waals surface area contributed by atoms with Gasteiger partial charge in [0.1, 0.15) is 0 Å². The summed E-state index contributed by atoms with van der Waals surface area (Å²) in [6.07, 6.45) is 0. The summed E-state index contributed by atoms with van der Waals surface area (Å²) in [6.45, 7) is -0.0831. The first-order valence-corrected chi connectivity index (χ1v) is 24.4. The summed E-state index contributed by atoms with van der Waals surface area (Å²) in [6, 6.07) is 104. The van der Waals surface area contributed by atoms with E-state index in [9.17, 15) is 0 Å². The van der Waals surface area contributed by atoms with E-state index in [1.165, 1.54) is 38.6 Å². The Hall–Kier alpha value is -9.32. The molecule has 334 valence electrons. The molecule has 0 radical (unpaired) electrons. The maximum atomic E-state index is 2.51. The van der Waals surface area contributed by atoms with Crippen LogP contribution in [-0.4, -0.2) is 6.71 Å². The van der Waals surface area contributed by atoms with Crippen molar-refractivity contribution < 1.29 is 0 Å². The zero-order valence-electron chi connectivity index (χ0n) is 39.0. The van der Waals surface area contributed by atoms with E-state index in [0.717, 1.165) is 68.2 Å². The highest BCUT2D eigenvalue weighted by Crippen LogP contribution is 2.48. The Morgan fingerprint density at radius 1 is 0.239 bits per heavy atom. The van der Waals surface area contributed by atoms with E-state index in [1.807, 2.05) is 0 Å². The number of rotatable bonds is 10. The number of benzene rings is 11. The third kappa shape index (κ3) is 7.52. The number of anilines is 12. The van der Waals surface area contributed by atoms with Gasteiger partial charge in [0.25, 0.3) is 6.71 Å². The molecule has 0 fully saturated rings. The Kier molecular flexibility index (Phi) is 10.6. The van der Waals surface area contributed by atoms with Gasteiger partial charge in [-0.15, -0.1) is 0 Å². The molecule has 0 N–H and O–H groups in total. The molecule has 5 heteroatoms. The van der Waals surface area contributed by atoms with E-state index < -0.39 is 0 Å². The SMILES string of the molecule is c1ccc(-c2cccc(N3c4cc(N(c5ccccc5)c5ccccc5)ccc4B4c5ccc(N(c6ccccc6)c6ccccc6)cc5N(c5cccc(-c6ccccc6)c5)c5cccc3c54)c2)cc1. The zero-order valence-corrected chi connectivity index (χ0v) is 39.0. The van der Waals surface area contributed by atoms with Gasteiger partial charge >= 0.3 is 0 Å². The van der Waals surface area contributed by atoms with Gasteiger partial charge in [-0.3, -0.25) is 0 Å². The van der Waals surface area contributed by atoms with E-state index >= 15 is 0 Å². The molecule has 0 aromatic heterocycles. The summed E-state index contributed by atoms with van der Waals surface area (Å²) in [7, 11) is 0. The first-order chi connectivity index (χ1) is 35.2. The predicted octanol–water partition coefficient (Wildman–Crippen LogP) is 16.0. The molecule has 13 rings (SSSR count). The van der Waals surface area contributed by atoms with Crippen LogP contribution in [0.15, 0.2) is 285 Å². The average molecular weight is 907 g/mol. The molecule has 0 atom stereocenters. The van der Waals surface area contributed by atoms with Crippen molar-refractivity contribution in [3.63, 3.8) is 0 Å². The van der Waals surface area contributed by atoms with Gasteiger partial charge in [0.05, 0.1) is 0 Å². The van der Waals surface area contributed by atoms with E-state index in [1.54, 1.807) is 0 Å². The van der Waals surface area contributed by atoms with Gasteiger partial charge < -0.3 is 19.6 Å². The lowest BCUT2D eigenvalue weighted by molar-refractivity contribution is 1.23.